The van der Waals surface area contributed by atoms with E-state index in [1.165, 1.54) is 9.80 Å². The normalized spacial score (nSPS) is 29.8. The van der Waals surface area contributed by atoms with E-state index >= 15 is 0 Å². The van der Waals surface area contributed by atoms with Gasteiger partial charge in [-0.2, -0.15) is 0 Å². The van der Waals surface area contributed by atoms with Crippen LogP contribution in [-0.2, 0) is 14.4 Å². The third kappa shape index (κ3) is 2.61. The monoisotopic (exact) mass is 285 g/mol. The van der Waals surface area contributed by atoms with Crippen LogP contribution in [-0.4, -0.2) is 75.6 Å². The quantitative estimate of drug-likeness (QED) is 0.550. The molecule has 2 fully saturated rings. The minimum Gasteiger partial charge on any atom is -0.480 e. The van der Waals surface area contributed by atoms with E-state index in [0.717, 1.165) is 0 Å². The Hall–Kier alpha value is -1.67. The number of carboxylic acid groups (broad SMARTS) is 1. The van der Waals surface area contributed by atoms with E-state index in [9.17, 15) is 19.5 Å². The molecule has 2 saturated heterocycles. The molecule has 2 heterocycles. The molecule has 4 N–H and O–H groups in total. The van der Waals surface area contributed by atoms with Crippen LogP contribution in [0.2, 0.25) is 0 Å². The van der Waals surface area contributed by atoms with Crippen LogP contribution in [0.3, 0.4) is 0 Å². The SMILES string of the molecule is NCC(=O)N1CCC[C@H]1C(=O)N1C[C@@H](O)C[C@H]1C(=O)O. The number of aliphatic hydroxyl groups is 1. The lowest BCUT2D eigenvalue weighted by Crippen LogP contribution is -2.52. The van der Waals surface area contributed by atoms with Crippen LogP contribution in [0.15, 0.2) is 0 Å². The van der Waals surface area contributed by atoms with Crippen molar-refractivity contribution in [3.63, 3.8) is 0 Å². The smallest absolute Gasteiger partial charge is 0.326 e. The molecule has 20 heavy (non-hydrogen) atoms. The van der Waals surface area contributed by atoms with Crippen molar-refractivity contribution in [1.29, 1.82) is 0 Å². The molecule has 0 radical (unpaired) electrons. The zero-order valence-corrected chi connectivity index (χ0v) is 11.1. The summed E-state index contributed by atoms with van der Waals surface area (Å²) in [5.74, 6) is -1.86. The topological polar surface area (TPSA) is 124 Å². The number of nitrogens with two attached hydrogens (primary N) is 1. The van der Waals surface area contributed by atoms with Gasteiger partial charge >= 0.3 is 5.97 Å². The van der Waals surface area contributed by atoms with E-state index in [4.69, 9.17) is 10.8 Å². The minimum absolute atomic E-state index is 0.00302. The number of carbonyl (C=O) groups excluding carboxylic acids is 2. The Kier molecular flexibility index (Phi) is 4.24. The van der Waals surface area contributed by atoms with Crippen LogP contribution in [0.5, 0.6) is 0 Å². The molecule has 8 nitrogen and oxygen atoms in total. The average molecular weight is 285 g/mol. The van der Waals surface area contributed by atoms with Crippen molar-refractivity contribution in [3.05, 3.63) is 0 Å². The van der Waals surface area contributed by atoms with Crippen molar-refractivity contribution in [3.8, 4) is 0 Å². The summed E-state index contributed by atoms with van der Waals surface area (Å²) in [6, 6.07) is -1.67. The van der Waals surface area contributed by atoms with Crippen molar-refractivity contribution >= 4 is 17.8 Å². The number of hydrogen-bond donors (Lipinski definition) is 3. The molecule has 0 bridgehead atoms. The second-order valence-electron chi connectivity index (χ2n) is 5.18. The Morgan fingerprint density at radius 2 is 1.90 bits per heavy atom. The highest BCUT2D eigenvalue weighted by molar-refractivity contribution is 5.91. The maximum Gasteiger partial charge on any atom is 0.326 e. The molecule has 3 atom stereocenters. The Labute approximate surface area is 116 Å². The van der Waals surface area contributed by atoms with Crippen LogP contribution in [0, 0.1) is 0 Å². The van der Waals surface area contributed by atoms with Gasteiger partial charge in [-0.25, -0.2) is 4.79 Å². The summed E-state index contributed by atoms with van der Waals surface area (Å²) in [6.07, 6.45) is 0.387. The van der Waals surface area contributed by atoms with Gasteiger partial charge in [0.15, 0.2) is 0 Å². The molecule has 112 valence electrons. The first kappa shape index (κ1) is 14.7. The molecule has 0 aromatic carbocycles. The average Bonchev–Trinajstić information content (AvgIpc) is 3.03. The first-order valence-electron chi connectivity index (χ1n) is 6.66. The summed E-state index contributed by atoms with van der Waals surface area (Å²) in [5.41, 5.74) is 5.32. The Morgan fingerprint density at radius 3 is 2.50 bits per heavy atom. The van der Waals surface area contributed by atoms with Gasteiger partial charge < -0.3 is 25.7 Å². The third-order valence-electron chi connectivity index (χ3n) is 3.88. The van der Waals surface area contributed by atoms with Gasteiger partial charge in [-0.05, 0) is 12.8 Å². The minimum atomic E-state index is -1.13. The molecule has 2 amide bonds. The van der Waals surface area contributed by atoms with Gasteiger partial charge in [0, 0.05) is 19.5 Å². The number of nitrogens with zero attached hydrogens (tertiary/aromatic N) is 2. The predicted molar refractivity (Wildman–Crippen MR) is 67.6 cm³/mol. The number of likely N-dealkylation sites (tertiary alicyclic amines) is 2. The summed E-state index contributed by atoms with van der Waals surface area (Å²) in [6.45, 7) is 0.284. The maximum absolute atomic E-state index is 12.5. The molecular weight excluding hydrogens is 266 g/mol. The van der Waals surface area contributed by atoms with E-state index in [-0.39, 0.29) is 25.4 Å². The molecule has 0 aliphatic carbocycles. The fourth-order valence-electron chi connectivity index (χ4n) is 2.92. The van der Waals surface area contributed by atoms with Gasteiger partial charge in [-0.3, -0.25) is 9.59 Å². The number of rotatable bonds is 3. The first-order valence-corrected chi connectivity index (χ1v) is 6.66. The lowest BCUT2D eigenvalue weighted by Gasteiger charge is -2.29. The Balaban J connectivity index is 2.13. The summed E-state index contributed by atoms with van der Waals surface area (Å²) < 4.78 is 0. The zero-order chi connectivity index (χ0) is 14.9. The molecular formula is C12H19N3O5. The number of hydrogen-bond acceptors (Lipinski definition) is 5. The molecule has 2 aliphatic rings. The van der Waals surface area contributed by atoms with E-state index in [2.05, 4.69) is 0 Å². The van der Waals surface area contributed by atoms with Crippen molar-refractivity contribution < 1.29 is 24.6 Å². The molecule has 2 aliphatic heterocycles. The van der Waals surface area contributed by atoms with Gasteiger partial charge in [0.1, 0.15) is 12.1 Å². The van der Waals surface area contributed by atoms with Crippen LogP contribution >= 0.6 is 0 Å². The first-order chi connectivity index (χ1) is 9.45. The van der Waals surface area contributed by atoms with Gasteiger partial charge in [-0.1, -0.05) is 0 Å². The second-order valence-corrected chi connectivity index (χ2v) is 5.18. The number of aliphatic hydroxyl groups excluding tert-OH is 1. The van der Waals surface area contributed by atoms with Crippen LogP contribution in [0.25, 0.3) is 0 Å². The van der Waals surface area contributed by atoms with Crippen LogP contribution in [0.4, 0.5) is 0 Å². The molecule has 8 heteroatoms. The number of β-amino-alcohol motifs (C(OH)–C–C–N with tert-alkyl or cyclic N) is 1. The summed E-state index contributed by atoms with van der Waals surface area (Å²) in [7, 11) is 0. The highest BCUT2D eigenvalue weighted by atomic mass is 16.4. The van der Waals surface area contributed by atoms with Crippen LogP contribution in [0.1, 0.15) is 19.3 Å². The molecule has 0 saturated carbocycles. The van der Waals surface area contributed by atoms with E-state index in [1.807, 2.05) is 0 Å². The third-order valence-corrected chi connectivity index (χ3v) is 3.88. The summed E-state index contributed by atoms with van der Waals surface area (Å²) in [4.78, 5) is 37.9. The second kappa shape index (κ2) is 5.76. The van der Waals surface area contributed by atoms with Crippen molar-refractivity contribution in [2.24, 2.45) is 5.73 Å². The predicted octanol–water partition coefficient (Wildman–Crippen LogP) is -2.02. The van der Waals surface area contributed by atoms with Gasteiger partial charge in [0.25, 0.3) is 0 Å². The van der Waals surface area contributed by atoms with Gasteiger partial charge in [0.05, 0.1) is 12.6 Å². The van der Waals surface area contributed by atoms with Gasteiger partial charge in [0.2, 0.25) is 11.8 Å². The molecule has 0 spiro atoms. The largest absolute Gasteiger partial charge is 0.480 e. The molecule has 0 aromatic rings. The molecule has 0 aromatic heterocycles. The number of aliphatic carboxylic acids is 1. The molecule has 0 unspecified atom stereocenters. The highest BCUT2D eigenvalue weighted by Crippen LogP contribution is 2.25. The number of carboxylic acids is 1. The Morgan fingerprint density at radius 1 is 1.20 bits per heavy atom. The summed E-state index contributed by atoms with van der Waals surface area (Å²) >= 11 is 0. The number of carbonyl (C=O) groups is 3. The lowest BCUT2D eigenvalue weighted by molar-refractivity contribution is -0.151. The standard InChI is InChI=1S/C12H19N3O5/c13-5-10(17)14-3-1-2-8(14)11(18)15-6-7(16)4-9(15)12(19)20/h7-9,16H,1-6,13H2,(H,19,20)/t7-,8-,9-/m0/s1. The Bertz CT molecular complexity index is 427. The zero-order valence-electron chi connectivity index (χ0n) is 11.1. The lowest BCUT2D eigenvalue weighted by atomic mass is 10.1. The van der Waals surface area contributed by atoms with Crippen molar-refractivity contribution in [2.45, 2.75) is 37.5 Å². The maximum atomic E-state index is 12.5. The number of amides is 2. The fraction of sp³-hybridized carbons (Fsp3) is 0.750. The summed E-state index contributed by atoms with van der Waals surface area (Å²) in [5, 5.41) is 18.7. The van der Waals surface area contributed by atoms with Gasteiger partial charge in [-0.15, -0.1) is 0 Å². The van der Waals surface area contributed by atoms with E-state index < -0.39 is 30.1 Å². The van der Waals surface area contributed by atoms with Crippen LogP contribution < -0.4 is 5.73 Å². The van der Waals surface area contributed by atoms with E-state index in [0.29, 0.717) is 19.4 Å². The highest BCUT2D eigenvalue weighted by Gasteiger charge is 2.44. The van der Waals surface area contributed by atoms with E-state index in [1.54, 1.807) is 0 Å². The molecule has 2 rings (SSSR count). The fourth-order valence-corrected chi connectivity index (χ4v) is 2.92. The van der Waals surface area contributed by atoms with Crippen molar-refractivity contribution in [1.82, 2.24) is 9.80 Å². The van der Waals surface area contributed by atoms with Crippen molar-refractivity contribution in [2.75, 3.05) is 19.6 Å².